The normalized spacial score (nSPS) is 12.7. The maximum absolute atomic E-state index is 13.5. The number of aliphatic hydroxyl groups is 1. The number of hydrogen-bond donors (Lipinski definition) is 2. The van der Waals surface area contributed by atoms with Crippen LogP contribution in [0.1, 0.15) is 27.7 Å². The molecule has 4 nitrogen and oxygen atoms in total. The van der Waals surface area contributed by atoms with Crippen molar-refractivity contribution in [3.8, 4) is 0 Å². The Labute approximate surface area is 111 Å². The molecule has 2 N–H and O–H groups in total. The summed E-state index contributed by atoms with van der Waals surface area (Å²) >= 11 is 5.51. The van der Waals surface area contributed by atoms with Crippen molar-refractivity contribution in [3.63, 3.8) is 0 Å². The van der Waals surface area contributed by atoms with Gasteiger partial charge >= 0.3 is 7.12 Å². The van der Waals surface area contributed by atoms with Gasteiger partial charge in [0.15, 0.2) is 0 Å². The molecule has 0 saturated carbocycles. The molecule has 0 aliphatic rings. The summed E-state index contributed by atoms with van der Waals surface area (Å²) in [6.45, 7) is 6.27. The largest absolute Gasteiger partial charge is 0.496 e. The van der Waals surface area contributed by atoms with E-state index in [0.717, 1.165) is 12.3 Å². The first-order valence-electron chi connectivity index (χ1n) is 5.44. The third-order valence-electron chi connectivity index (χ3n) is 2.99. The van der Waals surface area contributed by atoms with Crippen LogP contribution >= 0.6 is 11.6 Å². The van der Waals surface area contributed by atoms with Gasteiger partial charge in [-0.05, 0) is 27.7 Å². The molecular formula is C11H16BClFNO3. The monoisotopic (exact) mass is 275 g/mol. The van der Waals surface area contributed by atoms with Crippen LogP contribution in [0.25, 0.3) is 0 Å². The third-order valence-corrected chi connectivity index (χ3v) is 3.20. The molecule has 0 radical (unpaired) electrons. The Balaban J connectivity index is 2.92. The second-order valence-corrected chi connectivity index (χ2v) is 5.46. The van der Waals surface area contributed by atoms with Crippen molar-refractivity contribution in [1.29, 1.82) is 0 Å². The van der Waals surface area contributed by atoms with Crippen LogP contribution in [0.4, 0.5) is 4.39 Å². The van der Waals surface area contributed by atoms with E-state index in [1.165, 1.54) is 13.8 Å². The second kappa shape index (κ2) is 5.13. The smallest absolute Gasteiger partial charge is 0.423 e. The molecule has 0 fully saturated rings. The molecule has 0 amide bonds. The van der Waals surface area contributed by atoms with Crippen LogP contribution in [0.2, 0.25) is 5.15 Å². The van der Waals surface area contributed by atoms with Gasteiger partial charge < -0.3 is 14.8 Å². The Morgan fingerprint density at radius 1 is 1.39 bits per heavy atom. The molecule has 0 aliphatic carbocycles. The van der Waals surface area contributed by atoms with E-state index in [9.17, 15) is 14.5 Å². The van der Waals surface area contributed by atoms with Gasteiger partial charge in [-0.3, -0.25) is 0 Å². The van der Waals surface area contributed by atoms with E-state index in [-0.39, 0.29) is 10.6 Å². The quantitative estimate of drug-likeness (QED) is 0.639. The van der Waals surface area contributed by atoms with Crippen molar-refractivity contribution >= 4 is 24.2 Å². The van der Waals surface area contributed by atoms with Crippen molar-refractivity contribution < 1.29 is 19.2 Å². The fourth-order valence-corrected chi connectivity index (χ4v) is 1.23. The van der Waals surface area contributed by atoms with Crippen LogP contribution in [0.15, 0.2) is 12.3 Å². The first-order valence-corrected chi connectivity index (χ1v) is 5.81. The van der Waals surface area contributed by atoms with Crippen LogP contribution in [0.5, 0.6) is 0 Å². The molecule has 1 aromatic heterocycles. The maximum atomic E-state index is 13.5. The van der Waals surface area contributed by atoms with Crippen molar-refractivity contribution in [1.82, 2.24) is 4.98 Å². The highest BCUT2D eigenvalue weighted by atomic mass is 35.5. The lowest BCUT2D eigenvalue weighted by atomic mass is 9.77. The fourth-order valence-electron chi connectivity index (χ4n) is 1.09. The summed E-state index contributed by atoms with van der Waals surface area (Å²) < 4.78 is 18.8. The van der Waals surface area contributed by atoms with E-state index in [0.29, 0.717) is 0 Å². The van der Waals surface area contributed by atoms with Crippen LogP contribution in [-0.2, 0) is 4.65 Å². The number of nitrogens with zero attached hydrogens (tertiary/aromatic N) is 1. The number of halogens is 2. The Hall–Kier alpha value is -0.685. The predicted molar refractivity (Wildman–Crippen MR) is 68.3 cm³/mol. The van der Waals surface area contributed by atoms with Crippen LogP contribution in [-0.4, -0.2) is 33.4 Å². The first-order chi connectivity index (χ1) is 8.04. The summed E-state index contributed by atoms with van der Waals surface area (Å²) in [6, 6.07) is 0.987. The van der Waals surface area contributed by atoms with Crippen molar-refractivity contribution in [2.75, 3.05) is 0 Å². The molecule has 0 bridgehead atoms. The Morgan fingerprint density at radius 3 is 2.39 bits per heavy atom. The van der Waals surface area contributed by atoms with Crippen molar-refractivity contribution in [2.45, 2.75) is 38.9 Å². The minimum Gasteiger partial charge on any atom is -0.423 e. The Bertz CT molecular complexity index is 437. The molecule has 0 atom stereocenters. The van der Waals surface area contributed by atoms with E-state index in [2.05, 4.69) is 4.98 Å². The zero-order valence-corrected chi connectivity index (χ0v) is 11.5. The molecular weight excluding hydrogens is 259 g/mol. The van der Waals surface area contributed by atoms with E-state index in [4.69, 9.17) is 16.3 Å². The summed E-state index contributed by atoms with van der Waals surface area (Å²) in [5.41, 5.74) is -2.40. The maximum Gasteiger partial charge on any atom is 0.496 e. The summed E-state index contributed by atoms with van der Waals surface area (Å²) in [7, 11) is -1.53. The minimum atomic E-state index is -1.53. The lowest BCUT2D eigenvalue weighted by molar-refractivity contribution is -0.0983. The fraction of sp³-hybridized carbons (Fsp3) is 0.545. The van der Waals surface area contributed by atoms with Gasteiger partial charge in [0.25, 0.3) is 0 Å². The van der Waals surface area contributed by atoms with E-state index >= 15 is 0 Å². The van der Waals surface area contributed by atoms with Gasteiger partial charge in [-0.15, -0.1) is 0 Å². The van der Waals surface area contributed by atoms with Gasteiger partial charge in [-0.2, -0.15) is 0 Å². The molecule has 0 spiro atoms. The molecule has 18 heavy (non-hydrogen) atoms. The van der Waals surface area contributed by atoms with E-state index in [1.807, 2.05) is 0 Å². The molecule has 1 rings (SSSR count). The summed E-state index contributed by atoms with van der Waals surface area (Å²) in [5.74, 6) is -0.714. The highest BCUT2D eigenvalue weighted by Crippen LogP contribution is 2.25. The summed E-state index contributed by atoms with van der Waals surface area (Å²) in [5, 5.41) is 19.7. The minimum absolute atomic E-state index is 0.00908. The first kappa shape index (κ1) is 15.4. The molecule has 0 saturated heterocycles. The van der Waals surface area contributed by atoms with Crippen LogP contribution < -0.4 is 5.46 Å². The van der Waals surface area contributed by atoms with Crippen molar-refractivity contribution in [3.05, 3.63) is 23.2 Å². The van der Waals surface area contributed by atoms with Gasteiger partial charge in [0.1, 0.15) is 11.0 Å². The standard InChI is InChI=1S/C11H16BClFNO3/c1-10(2,16)11(3,4)18-12(17)7-6-15-9(13)5-8(7)14/h5-6,16-17H,1-4H3. The van der Waals surface area contributed by atoms with Gasteiger partial charge in [-0.25, -0.2) is 9.37 Å². The number of pyridine rings is 1. The second-order valence-electron chi connectivity index (χ2n) is 5.07. The topological polar surface area (TPSA) is 62.6 Å². The number of hydrogen-bond acceptors (Lipinski definition) is 4. The van der Waals surface area contributed by atoms with Gasteiger partial charge in [0, 0.05) is 17.7 Å². The predicted octanol–water partition coefficient (Wildman–Crippen LogP) is 1.13. The van der Waals surface area contributed by atoms with Crippen LogP contribution in [0, 0.1) is 5.82 Å². The van der Waals surface area contributed by atoms with Crippen molar-refractivity contribution in [2.24, 2.45) is 0 Å². The molecule has 0 aliphatic heterocycles. The zero-order valence-electron chi connectivity index (χ0n) is 10.7. The van der Waals surface area contributed by atoms with Gasteiger partial charge in [0.2, 0.25) is 0 Å². The Kier molecular flexibility index (Phi) is 4.38. The molecule has 1 aromatic rings. The average Bonchev–Trinajstić information content (AvgIpc) is 2.14. The summed E-state index contributed by atoms with van der Waals surface area (Å²) in [6.07, 6.45) is 1.10. The Morgan fingerprint density at radius 2 is 1.94 bits per heavy atom. The number of aromatic nitrogens is 1. The highest BCUT2D eigenvalue weighted by Gasteiger charge is 2.40. The van der Waals surface area contributed by atoms with E-state index < -0.39 is 24.1 Å². The summed E-state index contributed by atoms with van der Waals surface area (Å²) in [4.78, 5) is 3.68. The third kappa shape index (κ3) is 3.41. The average molecular weight is 276 g/mol. The molecule has 0 unspecified atom stereocenters. The molecule has 0 aromatic carbocycles. The highest BCUT2D eigenvalue weighted by molar-refractivity contribution is 6.60. The molecule has 7 heteroatoms. The number of rotatable bonds is 4. The lowest BCUT2D eigenvalue weighted by Crippen LogP contribution is -2.53. The van der Waals surface area contributed by atoms with Gasteiger partial charge in [-0.1, -0.05) is 11.6 Å². The van der Waals surface area contributed by atoms with E-state index in [1.54, 1.807) is 13.8 Å². The zero-order chi connectivity index (χ0) is 14.1. The van der Waals surface area contributed by atoms with Crippen LogP contribution in [0.3, 0.4) is 0 Å². The SMILES string of the molecule is CC(C)(O)C(C)(C)OB(O)c1cnc(Cl)cc1F. The van der Waals surface area contributed by atoms with Gasteiger partial charge in [0.05, 0.1) is 11.2 Å². The molecule has 1 heterocycles. The lowest BCUT2D eigenvalue weighted by Gasteiger charge is -2.38. The molecule has 100 valence electrons.